The molecule has 1 rings (SSSR count). The first-order valence-corrected chi connectivity index (χ1v) is 4.78. The molecule has 3 nitrogen and oxygen atoms in total. The van der Waals surface area contributed by atoms with Gasteiger partial charge in [-0.25, -0.2) is 0 Å². The van der Waals surface area contributed by atoms with Crippen LogP contribution in [0.1, 0.15) is 5.56 Å². The fourth-order valence-corrected chi connectivity index (χ4v) is 1.09. The summed E-state index contributed by atoms with van der Waals surface area (Å²) < 4.78 is 72.6. The minimum Gasteiger partial charge on any atom is -0.390 e. The number of alkyl halides is 6. The lowest BCUT2D eigenvalue weighted by molar-refractivity contribution is -0.377. The second-order valence-electron chi connectivity index (χ2n) is 3.17. The molecule has 0 radical (unpaired) electrons. The molecule has 0 bridgehead atoms. The highest BCUT2D eigenvalue weighted by Gasteiger charge is 2.53. The summed E-state index contributed by atoms with van der Waals surface area (Å²) in [6.07, 6.45) is -10.1. The highest BCUT2D eigenvalue weighted by Crippen LogP contribution is 2.34. The van der Waals surface area contributed by atoms with Gasteiger partial charge < -0.3 is 5.73 Å². The maximum absolute atomic E-state index is 12.1. The lowest BCUT2D eigenvalue weighted by Gasteiger charge is -2.26. The van der Waals surface area contributed by atoms with Gasteiger partial charge >= 0.3 is 12.6 Å². The molecule has 0 amide bonds. The Kier molecular flexibility index (Phi) is 6.33. The van der Waals surface area contributed by atoms with Crippen LogP contribution in [-0.2, 0) is 6.54 Å². The van der Waals surface area contributed by atoms with Gasteiger partial charge in [0.2, 0.25) is 0 Å². The van der Waals surface area contributed by atoms with Crippen molar-refractivity contribution < 1.29 is 26.3 Å². The van der Waals surface area contributed by atoms with Crippen molar-refractivity contribution in [1.29, 1.82) is 5.41 Å². The lowest BCUT2D eigenvalue weighted by atomic mass is 10.2. The van der Waals surface area contributed by atoms with Crippen molar-refractivity contribution in [2.24, 2.45) is 5.73 Å². The van der Waals surface area contributed by atoms with Gasteiger partial charge in [0.25, 0.3) is 0 Å². The molecular formula is C10H11F6N3. The maximum atomic E-state index is 12.1. The van der Waals surface area contributed by atoms with Crippen LogP contribution in [0, 0.1) is 5.41 Å². The number of hydrogen-bond donors (Lipinski definition) is 2. The van der Waals surface area contributed by atoms with Crippen LogP contribution in [0.5, 0.6) is 0 Å². The molecule has 108 valence electrons. The zero-order valence-corrected chi connectivity index (χ0v) is 9.46. The highest BCUT2D eigenvalue weighted by atomic mass is 19.4. The largest absolute Gasteiger partial charge is 0.467 e. The van der Waals surface area contributed by atoms with Gasteiger partial charge in [0, 0.05) is 6.54 Å². The second-order valence-corrected chi connectivity index (χ2v) is 3.17. The van der Waals surface area contributed by atoms with Crippen molar-refractivity contribution in [3.05, 3.63) is 35.9 Å². The van der Waals surface area contributed by atoms with Crippen molar-refractivity contribution >= 4 is 6.34 Å². The van der Waals surface area contributed by atoms with Gasteiger partial charge in [0.15, 0.2) is 0 Å². The van der Waals surface area contributed by atoms with Crippen LogP contribution in [0.15, 0.2) is 30.3 Å². The third-order valence-electron chi connectivity index (χ3n) is 1.80. The van der Waals surface area contributed by atoms with Gasteiger partial charge in [-0.05, 0) is 5.56 Å². The first-order valence-electron chi connectivity index (χ1n) is 4.78. The molecule has 0 atom stereocenters. The van der Waals surface area contributed by atoms with Crippen LogP contribution in [-0.4, -0.2) is 23.8 Å². The van der Waals surface area contributed by atoms with E-state index in [-0.39, 0.29) is 5.56 Å². The van der Waals surface area contributed by atoms with Gasteiger partial charge in [-0.3, -0.25) is 5.41 Å². The van der Waals surface area contributed by atoms with Crippen LogP contribution in [0.2, 0.25) is 0 Å². The number of benzene rings is 1. The summed E-state index contributed by atoms with van der Waals surface area (Å²) in [6.45, 7) is -1.24. The Balaban J connectivity index is 0.000000982. The molecule has 0 saturated carbocycles. The van der Waals surface area contributed by atoms with E-state index in [4.69, 9.17) is 5.41 Å². The first kappa shape index (κ1) is 17.2. The molecule has 0 spiro atoms. The summed E-state index contributed by atoms with van der Waals surface area (Å²) in [5.74, 6) is 0. The lowest BCUT2D eigenvalue weighted by Crippen LogP contribution is -2.47. The summed E-state index contributed by atoms with van der Waals surface area (Å²) >= 11 is 0. The van der Waals surface area contributed by atoms with Gasteiger partial charge in [0.1, 0.15) is 0 Å². The highest BCUT2D eigenvalue weighted by molar-refractivity contribution is 5.46. The Labute approximate surface area is 105 Å². The smallest absolute Gasteiger partial charge is 0.390 e. The van der Waals surface area contributed by atoms with Crippen LogP contribution < -0.4 is 5.73 Å². The van der Waals surface area contributed by atoms with Gasteiger partial charge in [-0.15, -0.1) is 4.90 Å². The van der Waals surface area contributed by atoms with Crippen molar-refractivity contribution in [2.75, 3.05) is 0 Å². The molecule has 1 aromatic rings. The van der Waals surface area contributed by atoms with Gasteiger partial charge in [-0.1, -0.05) is 30.3 Å². The number of halogens is 6. The quantitative estimate of drug-likeness (QED) is 0.380. The van der Waals surface area contributed by atoms with Crippen LogP contribution >= 0.6 is 0 Å². The molecule has 1 aromatic carbocycles. The standard InChI is InChI=1S/C9H7F6N.CH4N2/c10-8(11,12)16(9(13,14)15)6-7-4-2-1-3-5-7;2-1-3/h1-5H,6H2;1H,(H3,2,3). The number of hydrogen-bond acceptors (Lipinski definition) is 2. The SMILES string of the molecule is FC(F)(F)N(Cc1ccccc1)C(F)(F)F.N=CN. The predicted octanol–water partition coefficient (Wildman–Crippen LogP) is 3.08. The van der Waals surface area contributed by atoms with E-state index in [0.29, 0.717) is 0 Å². The minimum absolute atomic E-state index is 0.0582. The summed E-state index contributed by atoms with van der Waals surface area (Å²) in [5.41, 5.74) is 4.33. The van der Waals surface area contributed by atoms with Crippen molar-refractivity contribution in [1.82, 2.24) is 4.90 Å². The average molecular weight is 287 g/mol. The summed E-state index contributed by atoms with van der Waals surface area (Å²) in [5, 5.41) is 5.86. The monoisotopic (exact) mass is 287 g/mol. The van der Waals surface area contributed by atoms with Crippen LogP contribution in [0.4, 0.5) is 26.3 Å². The topological polar surface area (TPSA) is 53.1 Å². The second kappa shape index (κ2) is 6.98. The summed E-state index contributed by atoms with van der Waals surface area (Å²) in [4.78, 5) is -1.46. The molecule has 0 unspecified atom stereocenters. The molecule has 0 aliphatic heterocycles. The zero-order valence-electron chi connectivity index (χ0n) is 9.46. The number of nitrogens with two attached hydrogens (primary N) is 1. The van der Waals surface area contributed by atoms with Crippen molar-refractivity contribution in [2.45, 2.75) is 19.1 Å². The first-order chi connectivity index (χ1) is 8.62. The number of rotatable bonds is 2. The number of nitrogens with zero attached hydrogens (tertiary/aromatic N) is 1. The number of nitrogens with one attached hydrogen (secondary N) is 1. The van der Waals surface area contributed by atoms with Crippen LogP contribution in [0.25, 0.3) is 0 Å². The van der Waals surface area contributed by atoms with E-state index in [9.17, 15) is 26.3 Å². The van der Waals surface area contributed by atoms with Gasteiger partial charge in [-0.2, -0.15) is 26.3 Å². The third kappa shape index (κ3) is 6.65. The molecule has 19 heavy (non-hydrogen) atoms. The van der Waals surface area contributed by atoms with E-state index >= 15 is 0 Å². The molecule has 0 fully saturated rings. The Bertz CT molecular complexity index is 359. The molecule has 9 heteroatoms. The fraction of sp³-hybridized carbons (Fsp3) is 0.300. The van der Waals surface area contributed by atoms with E-state index in [1.54, 1.807) is 0 Å². The Morgan fingerprint density at radius 2 is 1.37 bits per heavy atom. The van der Waals surface area contributed by atoms with Gasteiger partial charge in [0.05, 0.1) is 6.34 Å². The normalized spacial score (nSPS) is 11.7. The molecule has 0 aliphatic carbocycles. The zero-order chi connectivity index (χ0) is 15.1. The third-order valence-corrected chi connectivity index (χ3v) is 1.80. The van der Waals surface area contributed by atoms with E-state index in [2.05, 4.69) is 5.73 Å². The maximum Gasteiger partial charge on any atom is 0.467 e. The predicted molar refractivity (Wildman–Crippen MR) is 57.1 cm³/mol. The Morgan fingerprint density at radius 3 is 1.68 bits per heavy atom. The fourth-order valence-electron chi connectivity index (χ4n) is 1.09. The van der Waals surface area contributed by atoms with Crippen molar-refractivity contribution in [3.8, 4) is 0 Å². The van der Waals surface area contributed by atoms with E-state index in [1.165, 1.54) is 30.3 Å². The summed E-state index contributed by atoms with van der Waals surface area (Å²) in [6, 6.07) is 6.66. The molecule has 0 aliphatic rings. The van der Waals surface area contributed by atoms with E-state index < -0.39 is 24.0 Å². The Morgan fingerprint density at radius 1 is 1.00 bits per heavy atom. The molecule has 0 heterocycles. The molecule has 0 saturated heterocycles. The Hall–Kier alpha value is -1.77. The van der Waals surface area contributed by atoms with Crippen LogP contribution in [0.3, 0.4) is 0 Å². The molecule has 3 N–H and O–H groups in total. The summed E-state index contributed by atoms with van der Waals surface area (Å²) in [7, 11) is 0. The minimum atomic E-state index is -5.44. The average Bonchev–Trinajstić information content (AvgIpc) is 2.25. The van der Waals surface area contributed by atoms with E-state index in [1.807, 2.05) is 0 Å². The molecular weight excluding hydrogens is 276 g/mol. The van der Waals surface area contributed by atoms with Crippen molar-refractivity contribution in [3.63, 3.8) is 0 Å². The van der Waals surface area contributed by atoms with E-state index in [0.717, 1.165) is 6.34 Å². The molecule has 0 aromatic heterocycles.